The second-order valence-corrected chi connectivity index (χ2v) is 9.15. The number of nitrogens with zero attached hydrogens (tertiary/aromatic N) is 3. The fraction of sp³-hybridized carbons (Fsp3) is 0.333. The van der Waals surface area contributed by atoms with Gasteiger partial charge in [0, 0.05) is 24.2 Å². The highest BCUT2D eigenvalue weighted by Crippen LogP contribution is 2.48. The first-order valence-electron chi connectivity index (χ1n) is 11.5. The summed E-state index contributed by atoms with van der Waals surface area (Å²) >= 11 is 0. The van der Waals surface area contributed by atoms with Crippen molar-refractivity contribution < 1.29 is 13.7 Å². The molecule has 0 bridgehead atoms. The smallest absolute Gasteiger partial charge is 0.263 e. The maximum atomic E-state index is 14.3. The molecule has 2 aliphatic heterocycles. The molecule has 0 atom stereocenters. The van der Waals surface area contributed by atoms with E-state index < -0.39 is 0 Å². The van der Waals surface area contributed by atoms with Crippen molar-refractivity contribution in [2.24, 2.45) is 0 Å². The zero-order valence-corrected chi connectivity index (χ0v) is 19.1. The molecule has 0 unspecified atom stereocenters. The summed E-state index contributed by atoms with van der Waals surface area (Å²) in [5.74, 6) is 0.138. The van der Waals surface area contributed by atoms with Crippen LogP contribution in [0.25, 0.3) is 6.08 Å². The van der Waals surface area contributed by atoms with Gasteiger partial charge in [-0.2, -0.15) is 0 Å². The SMILES string of the molecule is Cc1noc(C)c1C(=O)N1CC2(CCN(CC=Cc3ccccc3)CC2)c2cc(F)ccc21. The first kappa shape index (κ1) is 21.6. The van der Waals surface area contributed by atoms with Crippen LogP contribution in [-0.2, 0) is 5.41 Å². The van der Waals surface area contributed by atoms with Gasteiger partial charge in [0.15, 0.2) is 0 Å². The van der Waals surface area contributed by atoms with Gasteiger partial charge in [0.2, 0.25) is 0 Å². The molecule has 5 rings (SSSR count). The van der Waals surface area contributed by atoms with Crippen LogP contribution in [0.4, 0.5) is 10.1 Å². The molecule has 2 aliphatic rings. The molecule has 2 aromatic carbocycles. The molecule has 6 heteroatoms. The second kappa shape index (κ2) is 8.60. The van der Waals surface area contributed by atoms with Crippen molar-refractivity contribution in [1.29, 1.82) is 0 Å². The molecule has 3 aromatic rings. The van der Waals surface area contributed by atoms with Crippen molar-refractivity contribution in [3.63, 3.8) is 0 Å². The summed E-state index contributed by atoms with van der Waals surface area (Å²) in [4.78, 5) is 17.7. The van der Waals surface area contributed by atoms with Crippen molar-refractivity contribution in [2.75, 3.05) is 31.1 Å². The minimum Gasteiger partial charge on any atom is -0.361 e. The zero-order valence-electron chi connectivity index (χ0n) is 19.1. The van der Waals surface area contributed by atoms with Crippen LogP contribution in [0.15, 0.2) is 59.1 Å². The van der Waals surface area contributed by atoms with Gasteiger partial charge in [0.25, 0.3) is 5.91 Å². The van der Waals surface area contributed by atoms with Crippen LogP contribution in [-0.4, -0.2) is 42.1 Å². The Morgan fingerprint density at radius 3 is 2.61 bits per heavy atom. The van der Waals surface area contributed by atoms with E-state index in [1.165, 1.54) is 11.6 Å². The molecule has 33 heavy (non-hydrogen) atoms. The number of fused-ring (bicyclic) bond motifs is 2. The molecule has 170 valence electrons. The number of anilines is 1. The van der Waals surface area contributed by atoms with Gasteiger partial charge < -0.3 is 9.42 Å². The Balaban J connectivity index is 1.34. The van der Waals surface area contributed by atoms with Crippen LogP contribution >= 0.6 is 0 Å². The van der Waals surface area contributed by atoms with Crippen molar-refractivity contribution in [2.45, 2.75) is 32.1 Å². The number of benzene rings is 2. The first-order valence-corrected chi connectivity index (χ1v) is 11.5. The highest BCUT2D eigenvalue weighted by molar-refractivity contribution is 6.09. The third-order valence-electron chi connectivity index (χ3n) is 7.06. The number of carbonyl (C=O) groups is 1. The van der Waals surface area contributed by atoms with Gasteiger partial charge in [-0.05, 0) is 69.1 Å². The summed E-state index contributed by atoms with van der Waals surface area (Å²) in [6, 6.07) is 15.1. The largest absolute Gasteiger partial charge is 0.361 e. The predicted molar refractivity (Wildman–Crippen MR) is 127 cm³/mol. The minimum absolute atomic E-state index is 0.121. The fourth-order valence-corrected chi connectivity index (χ4v) is 5.24. The molecule has 1 saturated heterocycles. The van der Waals surface area contributed by atoms with Crippen molar-refractivity contribution >= 4 is 17.7 Å². The summed E-state index contributed by atoms with van der Waals surface area (Å²) in [6.45, 7) is 6.78. The Bertz CT molecular complexity index is 1170. The summed E-state index contributed by atoms with van der Waals surface area (Å²) < 4.78 is 19.5. The summed E-state index contributed by atoms with van der Waals surface area (Å²) in [5, 5.41) is 3.95. The number of likely N-dealkylation sites (tertiary alicyclic amines) is 1. The Morgan fingerprint density at radius 1 is 1.15 bits per heavy atom. The Morgan fingerprint density at radius 2 is 1.91 bits per heavy atom. The molecule has 1 spiro atoms. The van der Waals surface area contributed by atoms with Gasteiger partial charge in [-0.3, -0.25) is 9.69 Å². The van der Waals surface area contributed by atoms with Crippen molar-refractivity contribution in [3.8, 4) is 0 Å². The van der Waals surface area contributed by atoms with Gasteiger partial charge in [-0.25, -0.2) is 4.39 Å². The maximum Gasteiger partial charge on any atom is 0.263 e. The number of rotatable bonds is 4. The van der Waals surface area contributed by atoms with Gasteiger partial charge in [-0.1, -0.05) is 47.6 Å². The van der Waals surface area contributed by atoms with Crippen molar-refractivity contribution in [1.82, 2.24) is 10.1 Å². The molecular weight excluding hydrogens is 417 g/mol. The van der Waals surface area contributed by atoms with E-state index in [4.69, 9.17) is 4.52 Å². The number of aromatic nitrogens is 1. The van der Waals surface area contributed by atoms with E-state index in [9.17, 15) is 9.18 Å². The second-order valence-electron chi connectivity index (χ2n) is 9.15. The molecule has 3 heterocycles. The van der Waals surface area contributed by atoms with Crippen LogP contribution in [0, 0.1) is 19.7 Å². The topological polar surface area (TPSA) is 49.6 Å². The lowest BCUT2D eigenvalue weighted by molar-refractivity contribution is 0.0976. The monoisotopic (exact) mass is 445 g/mol. The van der Waals surface area contributed by atoms with E-state index in [0.717, 1.165) is 43.7 Å². The van der Waals surface area contributed by atoms with E-state index in [0.29, 0.717) is 23.6 Å². The quantitative estimate of drug-likeness (QED) is 0.558. The third kappa shape index (κ3) is 4.00. The summed E-state index contributed by atoms with van der Waals surface area (Å²) in [6.07, 6.45) is 6.11. The highest BCUT2D eigenvalue weighted by atomic mass is 19.1. The molecule has 1 aromatic heterocycles. The molecular formula is C27H28FN3O2. The number of hydrogen-bond acceptors (Lipinski definition) is 4. The molecule has 0 radical (unpaired) electrons. The predicted octanol–water partition coefficient (Wildman–Crippen LogP) is 5.14. The third-order valence-corrected chi connectivity index (χ3v) is 7.06. The normalized spacial score (nSPS) is 17.7. The van der Waals surface area contributed by atoms with Gasteiger partial charge >= 0.3 is 0 Å². The Hall–Kier alpha value is -3.25. The van der Waals surface area contributed by atoms with Crippen LogP contribution in [0.2, 0.25) is 0 Å². The number of aryl methyl sites for hydroxylation is 2. The standard InChI is InChI=1S/C27H28FN3O2/c1-19-25(20(2)33-29-19)26(32)31-18-27(23-17-22(28)10-11-24(23)31)12-15-30(16-13-27)14-6-9-21-7-4-3-5-8-21/h3-11,17H,12-16,18H2,1-2H3. The molecule has 0 N–H and O–H groups in total. The fourth-order valence-electron chi connectivity index (χ4n) is 5.24. The number of hydrogen-bond donors (Lipinski definition) is 0. The van der Waals surface area contributed by atoms with E-state index in [1.807, 2.05) is 18.2 Å². The molecule has 1 fully saturated rings. The Labute approximate surface area is 193 Å². The van der Waals surface area contributed by atoms with Crippen LogP contribution < -0.4 is 4.90 Å². The van der Waals surface area contributed by atoms with Gasteiger partial charge in [0.05, 0.1) is 5.69 Å². The van der Waals surface area contributed by atoms with Crippen LogP contribution in [0.3, 0.4) is 0 Å². The number of halogens is 1. The highest BCUT2D eigenvalue weighted by Gasteiger charge is 2.47. The van der Waals surface area contributed by atoms with Gasteiger partial charge in [0.1, 0.15) is 17.1 Å². The molecule has 0 aliphatic carbocycles. The lowest BCUT2D eigenvalue weighted by Gasteiger charge is -2.39. The maximum absolute atomic E-state index is 14.3. The van der Waals surface area contributed by atoms with Crippen LogP contribution in [0.5, 0.6) is 0 Å². The molecule has 1 amide bonds. The number of carbonyl (C=O) groups excluding carboxylic acids is 1. The first-order chi connectivity index (χ1) is 16.0. The Kier molecular flexibility index (Phi) is 5.62. The lowest BCUT2D eigenvalue weighted by Crippen LogP contribution is -2.46. The van der Waals surface area contributed by atoms with Crippen LogP contribution in [0.1, 0.15) is 45.8 Å². The van der Waals surface area contributed by atoms with Crippen molar-refractivity contribution in [3.05, 3.63) is 88.6 Å². The van der Waals surface area contributed by atoms with E-state index in [-0.39, 0.29) is 17.1 Å². The lowest BCUT2D eigenvalue weighted by atomic mass is 9.74. The van der Waals surface area contributed by atoms with Gasteiger partial charge in [-0.15, -0.1) is 0 Å². The number of piperidine rings is 1. The van der Waals surface area contributed by atoms with E-state index in [1.54, 1.807) is 30.9 Å². The van der Waals surface area contributed by atoms with E-state index in [2.05, 4.69) is 34.3 Å². The molecule has 0 saturated carbocycles. The summed E-state index contributed by atoms with van der Waals surface area (Å²) in [7, 11) is 0. The average Bonchev–Trinajstić information content (AvgIpc) is 3.32. The number of amides is 1. The zero-order chi connectivity index (χ0) is 23.0. The van der Waals surface area contributed by atoms with E-state index >= 15 is 0 Å². The minimum atomic E-state index is -0.256. The summed E-state index contributed by atoms with van der Waals surface area (Å²) in [5.41, 5.74) is 3.81. The average molecular weight is 446 g/mol. The molecule has 5 nitrogen and oxygen atoms in total.